The van der Waals surface area contributed by atoms with Crippen molar-refractivity contribution in [1.29, 1.82) is 0 Å². The van der Waals surface area contributed by atoms with Crippen LogP contribution >= 0.6 is 11.3 Å². The molecule has 5 nitrogen and oxygen atoms in total. The Balaban J connectivity index is 2.64. The Morgan fingerprint density at radius 2 is 2.21 bits per heavy atom. The Morgan fingerprint density at radius 1 is 1.53 bits per heavy atom. The molecular formula is C12H18N2O3S2. The highest BCUT2D eigenvalue weighted by molar-refractivity contribution is 7.87. The summed E-state index contributed by atoms with van der Waals surface area (Å²) in [6.07, 6.45) is 0. The highest BCUT2D eigenvalue weighted by Gasteiger charge is 2.19. The number of hydrogen-bond donors (Lipinski definition) is 2. The summed E-state index contributed by atoms with van der Waals surface area (Å²) in [5.74, 6) is 5.32. The zero-order valence-corrected chi connectivity index (χ0v) is 12.8. The molecule has 0 aliphatic rings. The molecule has 0 aromatic carbocycles. The Labute approximate surface area is 118 Å². The molecule has 1 rings (SSSR count). The monoisotopic (exact) mass is 302 g/mol. The summed E-state index contributed by atoms with van der Waals surface area (Å²) in [4.78, 5) is 0.878. The van der Waals surface area contributed by atoms with Gasteiger partial charge in [0.15, 0.2) is 0 Å². The number of thiophene rings is 1. The maximum atomic E-state index is 11.9. The zero-order chi connectivity index (χ0) is 14.5. The molecule has 7 heteroatoms. The van der Waals surface area contributed by atoms with Gasteiger partial charge in [-0.25, -0.2) is 0 Å². The van der Waals surface area contributed by atoms with Crippen LogP contribution in [0.1, 0.15) is 24.3 Å². The first-order valence-electron chi connectivity index (χ1n) is 5.76. The van der Waals surface area contributed by atoms with Gasteiger partial charge in [0.1, 0.15) is 6.61 Å². The van der Waals surface area contributed by atoms with Crippen LogP contribution in [0.15, 0.2) is 11.4 Å². The molecule has 0 radical (unpaired) electrons. The van der Waals surface area contributed by atoms with Crippen molar-refractivity contribution in [2.45, 2.75) is 26.4 Å². The van der Waals surface area contributed by atoms with E-state index >= 15 is 0 Å². The van der Waals surface area contributed by atoms with E-state index < -0.39 is 10.2 Å². The molecule has 0 atom stereocenters. The molecule has 0 fully saturated rings. The van der Waals surface area contributed by atoms with E-state index in [1.165, 1.54) is 15.6 Å². The van der Waals surface area contributed by atoms with Crippen LogP contribution in [-0.4, -0.2) is 37.5 Å². The number of aliphatic hydroxyl groups excluding tert-OH is 1. The second kappa shape index (κ2) is 7.03. The van der Waals surface area contributed by atoms with Crippen LogP contribution in [-0.2, 0) is 16.8 Å². The van der Waals surface area contributed by atoms with E-state index in [0.29, 0.717) is 0 Å². The van der Waals surface area contributed by atoms with E-state index in [9.17, 15) is 8.42 Å². The molecule has 0 amide bonds. The molecule has 2 N–H and O–H groups in total. The van der Waals surface area contributed by atoms with Crippen molar-refractivity contribution in [2.24, 2.45) is 0 Å². The van der Waals surface area contributed by atoms with Crippen molar-refractivity contribution >= 4 is 21.5 Å². The molecule has 0 unspecified atom stereocenters. The van der Waals surface area contributed by atoms with E-state index in [1.807, 2.05) is 25.3 Å². The van der Waals surface area contributed by atoms with Crippen molar-refractivity contribution < 1.29 is 13.5 Å². The lowest BCUT2D eigenvalue weighted by molar-refractivity contribution is 0.350. The third kappa shape index (κ3) is 4.93. The third-order valence-electron chi connectivity index (χ3n) is 2.50. The Morgan fingerprint density at radius 3 is 2.79 bits per heavy atom. The van der Waals surface area contributed by atoms with Gasteiger partial charge in [-0.1, -0.05) is 11.8 Å². The third-order valence-corrected chi connectivity index (χ3v) is 5.13. The number of aliphatic hydroxyl groups is 1. The van der Waals surface area contributed by atoms with Gasteiger partial charge in [0.05, 0.1) is 0 Å². The van der Waals surface area contributed by atoms with E-state index in [0.717, 1.165) is 10.4 Å². The fourth-order valence-corrected chi connectivity index (χ4v) is 3.17. The molecule has 1 aromatic rings. The predicted octanol–water partition coefficient (Wildman–Crippen LogP) is 0.767. The molecule has 0 bridgehead atoms. The van der Waals surface area contributed by atoms with Crippen molar-refractivity contribution in [3.63, 3.8) is 0 Å². The first-order chi connectivity index (χ1) is 8.86. The molecule has 1 aromatic heterocycles. The fraction of sp³-hybridized carbons (Fsp3) is 0.500. The van der Waals surface area contributed by atoms with Gasteiger partial charge in [-0.3, -0.25) is 0 Å². The lowest BCUT2D eigenvalue weighted by Crippen LogP contribution is -2.41. The Kier molecular flexibility index (Phi) is 5.97. The highest BCUT2D eigenvalue weighted by Crippen LogP contribution is 2.14. The van der Waals surface area contributed by atoms with E-state index in [2.05, 4.69) is 16.6 Å². The minimum atomic E-state index is -3.45. The van der Waals surface area contributed by atoms with Crippen LogP contribution in [0.4, 0.5) is 0 Å². The van der Waals surface area contributed by atoms with Crippen molar-refractivity contribution in [2.75, 3.05) is 13.7 Å². The minimum Gasteiger partial charge on any atom is -0.384 e. The van der Waals surface area contributed by atoms with Crippen LogP contribution in [0.2, 0.25) is 0 Å². The topological polar surface area (TPSA) is 69.6 Å². The first-order valence-corrected chi connectivity index (χ1v) is 8.08. The molecule has 0 aliphatic heterocycles. The molecule has 0 spiro atoms. The number of nitrogens with one attached hydrogen (secondary N) is 1. The second-order valence-electron chi connectivity index (χ2n) is 4.20. The largest absolute Gasteiger partial charge is 0.384 e. The number of nitrogens with zero attached hydrogens (tertiary/aromatic N) is 1. The zero-order valence-electron chi connectivity index (χ0n) is 11.2. The average Bonchev–Trinajstić information content (AvgIpc) is 2.81. The predicted molar refractivity (Wildman–Crippen MR) is 76.9 cm³/mol. The van der Waals surface area contributed by atoms with Gasteiger partial charge >= 0.3 is 0 Å². The fourth-order valence-electron chi connectivity index (χ4n) is 1.22. The summed E-state index contributed by atoms with van der Waals surface area (Å²) in [6, 6.07) is 1.72. The molecular weight excluding hydrogens is 284 g/mol. The van der Waals surface area contributed by atoms with Gasteiger partial charge in [0, 0.05) is 35.5 Å². The summed E-state index contributed by atoms with van der Waals surface area (Å²) in [5.41, 5.74) is 0.783. The van der Waals surface area contributed by atoms with Crippen molar-refractivity contribution in [3.05, 3.63) is 21.9 Å². The molecule has 0 saturated heterocycles. The smallest absolute Gasteiger partial charge is 0.279 e. The van der Waals surface area contributed by atoms with Crippen LogP contribution in [0, 0.1) is 11.8 Å². The lowest BCUT2D eigenvalue weighted by atomic mass is 10.3. The summed E-state index contributed by atoms with van der Waals surface area (Å²) >= 11 is 1.43. The highest BCUT2D eigenvalue weighted by atomic mass is 32.2. The van der Waals surface area contributed by atoms with Crippen LogP contribution in [0.5, 0.6) is 0 Å². The molecule has 0 saturated carbocycles. The first kappa shape index (κ1) is 16.1. The van der Waals surface area contributed by atoms with E-state index in [4.69, 9.17) is 5.11 Å². The standard InChI is InChI=1S/C12H18N2O3S2/c1-10(2)14(3)19(16,17)13-8-12-7-11(9-18-12)5-4-6-15/h7,9-10,13,15H,6,8H2,1-3H3. The minimum absolute atomic E-state index is 0.0909. The Bertz CT molecular complexity index is 567. The second-order valence-corrected chi connectivity index (χ2v) is 7.01. The maximum absolute atomic E-state index is 11.9. The van der Waals surface area contributed by atoms with Gasteiger partial charge in [-0.2, -0.15) is 17.4 Å². The van der Waals surface area contributed by atoms with Crippen LogP contribution < -0.4 is 4.72 Å². The van der Waals surface area contributed by atoms with Gasteiger partial charge in [-0.05, 0) is 19.9 Å². The molecule has 1 heterocycles. The molecule has 19 heavy (non-hydrogen) atoms. The van der Waals surface area contributed by atoms with E-state index in [-0.39, 0.29) is 19.2 Å². The van der Waals surface area contributed by atoms with Crippen LogP contribution in [0.25, 0.3) is 0 Å². The summed E-state index contributed by atoms with van der Waals surface area (Å²) in [6.45, 7) is 3.68. The molecule has 0 aliphatic carbocycles. The van der Waals surface area contributed by atoms with E-state index in [1.54, 1.807) is 7.05 Å². The quantitative estimate of drug-likeness (QED) is 0.789. The lowest BCUT2D eigenvalue weighted by Gasteiger charge is -2.20. The maximum Gasteiger partial charge on any atom is 0.279 e. The summed E-state index contributed by atoms with van der Waals surface area (Å²) < 4.78 is 27.6. The molecule has 106 valence electrons. The van der Waals surface area contributed by atoms with Gasteiger partial charge in [0.25, 0.3) is 10.2 Å². The summed E-state index contributed by atoms with van der Waals surface area (Å²) in [7, 11) is -1.91. The van der Waals surface area contributed by atoms with Gasteiger partial charge in [0.2, 0.25) is 0 Å². The van der Waals surface area contributed by atoms with Crippen molar-refractivity contribution in [1.82, 2.24) is 9.03 Å². The Hall–Kier alpha value is -0.910. The van der Waals surface area contributed by atoms with Gasteiger partial charge in [-0.15, -0.1) is 11.3 Å². The van der Waals surface area contributed by atoms with Gasteiger partial charge < -0.3 is 5.11 Å². The number of rotatable bonds is 5. The average molecular weight is 302 g/mol. The SMILES string of the molecule is CC(C)N(C)S(=O)(=O)NCc1cc(C#CCO)cs1. The summed E-state index contributed by atoms with van der Waals surface area (Å²) in [5, 5.41) is 10.4. The number of hydrogen-bond acceptors (Lipinski definition) is 4. The van der Waals surface area contributed by atoms with Crippen molar-refractivity contribution in [3.8, 4) is 11.8 Å². The van der Waals surface area contributed by atoms with Crippen LogP contribution in [0.3, 0.4) is 0 Å². The normalized spacial score (nSPS) is 11.7.